The molecule has 2 rings (SSSR count). The quantitative estimate of drug-likeness (QED) is 0.773. The van der Waals surface area contributed by atoms with Crippen molar-refractivity contribution in [2.45, 2.75) is 39.5 Å². The Balaban J connectivity index is 2.21. The predicted octanol–water partition coefficient (Wildman–Crippen LogP) is 3.47. The molecule has 17 heavy (non-hydrogen) atoms. The molecular weight excluding hydrogens is 210 g/mol. The maximum atomic E-state index is 11.7. The second-order valence-electron chi connectivity index (χ2n) is 4.86. The Kier molecular flexibility index (Phi) is 3.62. The number of hydrogen-bond acceptors (Lipinski definition) is 1. The van der Waals surface area contributed by atoms with E-state index < -0.39 is 0 Å². The first-order chi connectivity index (χ1) is 8.16. The van der Waals surface area contributed by atoms with E-state index in [-0.39, 0.29) is 5.91 Å². The van der Waals surface area contributed by atoms with Crippen LogP contribution < -0.4 is 5.32 Å². The van der Waals surface area contributed by atoms with Gasteiger partial charge in [0.05, 0.1) is 0 Å². The van der Waals surface area contributed by atoms with Crippen LogP contribution in [0.3, 0.4) is 0 Å². The zero-order valence-electron chi connectivity index (χ0n) is 10.5. The molecule has 1 aromatic carbocycles. The van der Waals surface area contributed by atoms with Crippen LogP contribution in [-0.2, 0) is 17.6 Å². The largest absolute Gasteiger partial charge is 0.322 e. The highest BCUT2D eigenvalue weighted by molar-refractivity contribution is 6.00. The van der Waals surface area contributed by atoms with Crippen LogP contribution in [0.25, 0.3) is 0 Å². The van der Waals surface area contributed by atoms with Crippen molar-refractivity contribution >= 4 is 11.6 Å². The van der Waals surface area contributed by atoms with Crippen LogP contribution in [0.2, 0.25) is 0 Å². The lowest BCUT2D eigenvalue weighted by atomic mass is 9.90. The normalized spacial score (nSPS) is 13.8. The second kappa shape index (κ2) is 5.17. The minimum Gasteiger partial charge on any atom is -0.322 e. The lowest BCUT2D eigenvalue weighted by Gasteiger charge is -2.19. The van der Waals surface area contributed by atoms with Gasteiger partial charge in [-0.2, -0.15) is 0 Å². The van der Waals surface area contributed by atoms with Crippen molar-refractivity contribution in [1.82, 2.24) is 0 Å². The Morgan fingerprint density at radius 2 is 2.00 bits per heavy atom. The summed E-state index contributed by atoms with van der Waals surface area (Å²) in [5.74, 6) is -0.0241. The minimum absolute atomic E-state index is 0.0241. The highest BCUT2D eigenvalue weighted by atomic mass is 16.1. The van der Waals surface area contributed by atoms with E-state index in [9.17, 15) is 4.79 Å². The average Bonchev–Trinajstić information content (AvgIpc) is 2.28. The lowest BCUT2D eigenvalue weighted by molar-refractivity contribution is -0.111. The van der Waals surface area contributed by atoms with Crippen LogP contribution in [-0.4, -0.2) is 5.91 Å². The van der Waals surface area contributed by atoms with E-state index in [2.05, 4.69) is 11.4 Å². The zero-order chi connectivity index (χ0) is 12.3. The monoisotopic (exact) mass is 229 g/mol. The molecule has 2 nitrogen and oxygen atoms in total. The number of aryl methyl sites for hydroxylation is 1. The highest BCUT2D eigenvalue weighted by Crippen LogP contribution is 2.27. The molecule has 0 atom stereocenters. The standard InChI is InChI=1S/C15H19NO/c1-11(2)10-15(17)16-14-9-5-7-12-6-3-4-8-13(12)14/h5,7,9-10H,3-4,6,8H2,1-2H3,(H,16,17). The van der Waals surface area contributed by atoms with Crippen LogP contribution in [0.1, 0.15) is 37.8 Å². The molecule has 1 aromatic rings. The fourth-order valence-corrected chi connectivity index (χ4v) is 2.33. The number of benzene rings is 1. The predicted molar refractivity (Wildman–Crippen MR) is 71.1 cm³/mol. The van der Waals surface area contributed by atoms with Crippen LogP contribution in [0, 0.1) is 0 Å². The summed E-state index contributed by atoms with van der Waals surface area (Å²) in [6.07, 6.45) is 6.35. The molecule has 0 saturated carbocycles. The van der Waals surface area contributed by atoms with Gasteiger partial charge < -0.3 is 5.32 Å². The molecule has 1 aliphatic carbocycles. The second-order valence-corrected chi connectivity index (χ2v) is 4.86. The van der Waals surface area contributed by atoms with Crippen molar-refractivity contribution in [3.05, 3.63) is 41.0 Å². The number of carbonyl (C=O) groups excluding carboxylic acids is 1. The summed E-state index contributed by atoms with van der Waals surface area (Å²) < 4.78 is 0. The third kappa shape index (κ3) is 2.96. The number of hydrogen-bond donors (Lipinski definition) is 1. The first-order valence-corrected chi connectivity index (χ1v) is 6.23. The Bertz CT molecular complexity index is 456. The molecule has 0 aromatic heterocycles. The van der Waals surface area contributed by atoms with Crippen molar-refractivity contribution < 1.29 is 4.79 Å². The number of allylic oxidation sites excluding steroid dienone is 1. The Hall–Kier alpha value is -1.57. The summed E-state index contributed by atoms with van der Waals surface area (Å²) in [7, 11) is 0. The van der Waals surface area contributed by atoms with Crippen LogP contribution in [0.5, 0.6) is 0 Å². The van der Waals surface area contributed by atoms with Gasteiger partial charge in [-0.15, -0.1) is 0 Å². The van der Waals surface area contributed by atoms with E-state index >= 15 is 0 Å². The van der Waals surface area contributed by atoms with Gasteiger partial charge in [0.1, 0.15) is 0 Å². The van der Waals surface area contributed by atoms with Gasteiger partial charge in [0.15, 0.2) is 0 Å². The van der Waals surface area contributed by atoms with E-state index in [1.807, 2.05) is 26.0 Å². The molecule has 0 unspecified atom stereocenters. The molecule has 0 heterocycles. The molecule has 0 spiro atoms. The smallest absolute Gasteiger partial charge is 0.248 e. The number of amides is 1. The summed E-state index contributed by atoms with van der Waals surface area (Å²) in [5.41, 5.74) is 4.73. The van der Waals surface area contributed by atoms with Crippen molar-refractivity contribution in [3.8, 4) is 0 Å². The maximum Gasteiger partial charge on any atom is 0.248 e. The van der Waals surface area contributed by atoms with Gasteiger partial charge >= 0.3 is 0 Å². The number of carbonyl (C=O) groups is 1. The van der Waals surface area contributed by atoms with Gasteiger partial charge in [-0.25, -0.2) is 0 Å². The summed E-state index contributed by atoms with van der Waals surface area (Å²) in [4.78, 5) is 11.7. The number of nitrogens with one attached hydrogen (secondary N) is 1. The van der Waals surface area contributed by atoms with Gasteiger partial charge in [0.2, 0.25) is 5.91 Å². The van der Waals surface area contributed by atoms with Gasteiger partial charge in [-0.1, -0.05) is 17.7 Å². The first kappa shape index (κ1) is 11.9. The Morgan fingerprint density at radius 1 is 1.24 bits per heavy atom. The molecule has 0 saturated heterocycles. The molecule has 1 N–H and O–H groups in total. The van der Waals surface area contributed by atoms with Crippen molar-refractivity contribution in [2.75, 3.05) is 5.32 Å². The molecule has 2 heteroatoms. The molecular formula is C15H19NO. The fourth-order valence-electron chi connectivity index (χ4n) is 2.33. The van der Waals surface area contributed by atoms with Gasteiger partial charge in [0, 0.05) is 11.8 Å². The van der Waals surface area contributed by atoms with Crippen molar-refractivity contribution in [3.63, 3.8) is 0 Å². The van der Waals surface area contributed by atoms with E-state index in [0.29, 0.717) is 0 Å². The minimum atomic E-state index is -0.0241. The third-order valence-electron chi connectivity index (χ3n) is 3.07. The van der Waals surface area contributed by atoms with Gasteiger partial charge in [0.25, 0.3) is 0 Å². The fraction of sp³-hybridized carbons (Fsp3) is 0.400. The summed E-state index contributed by atoms with van der Waals surface area (Å²) in [5, 5.41) is 2.99. The highest BCUT2D eigenvalue weighted by Gasteiger charge is 2.13. The molecule has 0 aliphatic heterocycles. The van der Waals surface area contributed by atoms with E-state index in [1.165, 1.54) is 24.0 Å². The number of rotatable bonds is 2. The maximum absolute atomic E-state index is 11.7. The topological polar surface area (TPSA) is 29.1 Å². The number of fused-ring (bicyclic) bond motifs is 1. The van der Waals surface area contributed by atoms with Crippen LogP contribution in [0.15, 0.2) is 29.8 Å². The Morgan fingerprint density at radius 3 is 2.76 bits per heavy atom. The molecule has 90 valence electrons. The molecule has 0 bridgehead atoms. The molecule has 1 amide bonds. The molecule has 0 radical (unpaired) electrons. The SMILES string of the molecule is CC(C)=CC(=O)Nc1cccc2c1CCCC2. The van der Waals surface area contributed by atoms with E-state index in [4.69, 9.17) is 0 Å². The molecule has 1 aliphatic rings. The molecule has 0 fully saturated rings. The van der Waals surface area contributed by atoms with Crippen molar-refractivity contribution in [1.29, 1.82) is 0 Å². The summed E-state index contributed by atoms with van der Waals surface area (Å²) in [6.45, 7) is 3.86. The zero-order valence-corrected chi connectivity index (χ0v) is 10.5. The third-order valence-corrected chi connectivity index (χ3v) is 3.07. The van der Waals surface area contributed by atoms with E-state index in [1.54, 1.807) is 6.08 Å². The van der Waals surface area contributed by atoms with Gasteiger partial charge in [-0.3, -0.25) is 4.79 Å². The van der Waals surface area contributed by atoms with Gasteiger partial charge in [-0.05, 0) is 56.7 Å². The number of anilines is 1. The van der Waals surface area contributed by atoms with Crippen LogP contribution in [0.4, 0.5) is 5.69 Å². The average molecular weight is 229 g/mol. The first-order valence-electron chi connectivity index (χ1n) is 6.23. The lowest BCUT2D eigenvalue weighted by Crippen LogP contribution is -2.13. The van der Waals surface area contributed by atoms with Crippen molar-refractivity contribution in [2.24, 2.45) is 0 Å². The summed E-state index contributed by atoms with van der Waals surface area (Å²) >= 11 is 0. The van der Waals surface area contributed by atoms with Crippen LogP contribution >= 0.6 is 0 Å². The summed E-state index contributed by atoms with van der Waals surface area (Å²) in [6, 6.07) is 6.20. The Labute approximate surface area is 103 Å². The van der Waals surface area contributed by atoms with E-state index in [0.717, 1.165) is 24.1 Å².